The average Bonchev–Trinajstić information content (AvgIpc) is 2.29. The molecule has 0 radical (unpaired) electrons. The van der Waals surface area contributed by atoms with Crippen LogP contribution in [0, 0.1) is 5.82 Å². The van der Waals surface area contributed by atoms with Crippen molar-refractivity contribution in [1.29, 1.82) is 0 Å². The van der Waals surface area contributed by atoms with E-state index in [0.717, 1.165) is 6.07 Å². The van der Waals surface area contributed by atoms with E-state index in [-0.39, 0.29) is 10.6 Å². The van der Waals surface area contributed by atoms with Crippen LogP contribution in [0.2, 0.25) is 0 Å². The highest BCUT2D eigenvalue weighted by Gasteiger charge is 2.31. The third-order valence-corrected chi connectivity index (χ3v) is 5.16. The van der Waals surface area contributed by atoms with Gasteiger partial charge in [-0.1, -0.05) is 0 Å². The molecule has 0 spiro atoms. The Balaban J connectivity index is 2.37. The zero-order valence-corrected chi connectivity index (χ0v) is 10.0. The quantitative estimate of drug-likeness (QED) is 0.814. The first-order valence-electron chi connectivity index (χ1n) is 5.38. The minimum Gasteiger partial charge on any atom is -0.399 e. The van der Waals surface area contributed by atoms with Crippen LogP contribution in [0.25, 0.3) is 0 Å². The second-order valence-corrected chi connectivity index (χ2v) is 6.24. The molecule has 17 heavy (non-hydrogen) atoms. The zero-order chi connectivity index (χ0) is 12.5. The van der Waals surface area contributed by atoms with Crippen molar-refractivity contribution in [2.24, 2.45) is 0 Å². The first kappa shape index (κ1) is 12.3. The van der Waals surface area contributed by atoms with Crippen LogP contribution in [0.4, 0.5) is 10.1 Å². The van der Waals surface area contributed by atoms with Gasteiger partial charge >= 0.3 is 0 Å². The second-order valence-electron chi connectivity index (χ2n) is 4.05. The van der Waals surface area contributed by atoms with Gasteiger partial charge in [-0.2, -0.15) is 0 Å². The molecule has 1 aromatic rings. The maximum atomic E-state index is 13.6. The standard InChI is InChI=1S/C11H14FNO3S/c12-10-7-8(13)1-2-11(10)17(14,15)9-3-5-16-6-4-9/h1-2,7,9H,3-6,13H2. The Morgan fingerprint density at radius 2 is 1.94 bits per heavy atom. The van der Waals surface area contributed by atoms with Crippen molar-refractivity contribution in [3.8, 4) is 0 Å². The minimum atomic E-state index is -3.62. The summed E-state index contributed by atoms with van der Waals surface area (Å²) < 4.78 is 43.1. The first-order valence-corrected chi connectivity index (χ1v) is 6.93. The molecule has 0 atom stereocenters. The number of benzene rings is 1. The number of nitrogens with two attached hydrogens (primary N) is 1. The van der Waals surface area contributed by atoms with Crippen molar-refractivity contribution >= 4 is 15.5 Å². The topological polar surface area (TPSA) is 69.4 Å². The number of hydrogen-bond donors (Lipinski definition) is 1. The van der Waals surface area contributed by atoms with Gasteiger partial charge in [0.25, 0.3) is 0 Å². The monoisotopic (exact) mass is 259 g/mol. The third kappa shape index (κ3) is 2.42. The normalized spacial score (nSPS) is 18.2. The summed E-state index contributed by atoms with van der Waals surface area (Å²) in [4.78, 5) is -0.265. The summed E-state index contributed by atoms with van der Waals surface area (Å²) in [6, 6.07) is 3.66. The summed E-state index contributed by atoms with van der Waals surface area (Å²) in [7, 11) is -3.62. The molecule has 1 saturated heterocycles. The molecule has 0 unspecified atom stereocenters. The van der Waals surface area contributed by atoms with Gasteiger partial charge in [0.15, 0.2) is 9.84 Å². The largest absolute Gasteiger partial charge is 0.399 e. The molecule has 1 aliphatic heterocycles. The fraction of sp³-hybridized carbons (Fsp3) is 0.455. The van der Waals surface area contributed by atoms with Crippen LogP contribution in [-0.2, 0) is 14.6 Å². The lowest BCUT2D eigenvalue weighted by Crippen LogP contribution is -2.29. The molecule has 1 fully saturated rings. The van der Waals surface area contributed by atoms with Crippen LogP contribution in [0.1, 0.15) is 12.8 Å². The fourth-order valence-corrected chi connectivity index (χ4v) is 3.67. The van der Waals surface area contributed by atoms with Gasteiger partial charge < -0.3 is 10.5 Å². The zero-order valence-electron chi connectivity index (χ0n) is 9.23. The molecule has 0 amide bonds. The lowest BCUT2D eigenvalue weighted by atomic mass is 10.2. The van der Waals surface area contributed by atoms with Crippen molar-refractivity contribution in [1.82, 2.24) is 0 Å². The molecule has 2 rings (SSSR count). The van der Waals surface area contributed by atoms with Gasteiger partial charge in [-0.3, -0.25) is 0 Å². The smallest absolute Gasteiger partial charge is 0.184 e. The number of sulfone groups is 1. The van der Waals surface area contributed by atoms with Crippen molar-refractivity contribution in [3.63, 3.8) is 0 Å². The van der Waals surface area contributed by atoms with Gasteiger partial charge in [0, 0.05) is 18.9 Å². The molecule has 1 heterocycles. The third-order valence-electron chi connectivity index (χ3n) is 2.87. The van der Waals surface area contributed by atoms with E-state index in [1.807, 2.05) is 0 Å². The summed E-state index contributed by atoms with van der Waals surface area (Å²) in [6.07, 6.45) is 0.818. The van der Waals surface area contributed by atoms with E-state index < -0.39 is 20.9 Å². The molecule has 0 saturated carbocycles. The Morgan fingerprint density at radius 1 is 1.29 bits per heavy atom. The number of nitrogen functional groups attached to an aromatic ring is 1. The SMILES string of the molecule is Nc1ccc(S(=O)(=O)C2CCOCC2)c(F)c1. The highest BCUT2D eigenvalue weighted by Crippen LogP contribution is 2.26. The Bertz CT molecular complexity index is 509. The summed E-state index contributed by atoms with van der Waals surface area (Å²) in [5, 5.41) is -0.561. The molecule has 1 aromatic carbocycles. The summed E-state index contributed by atoms with van der Waals surface area (Å²) in [5.41, 5.74) is 5.61. The first-order chi connectivity index (χ1) is 8.01. The summed E-state index contributed by atoms with van der Waals surface area (Å²) >= 11 is 0. The predicted octanol–water partition coefficient (Wildman–Crippen LogP) is 1.36. The molecule has 6 heteroatoms. The van der Waals surface area contributed by atoms with Crippen LogP contribution in [0.3, 0.4) is 0 Å². The molecule has 0 aromatic heterocycles. The average molecular weight is 259 g/mol. The van der Waals surface area contributed by atoms with E-state index in [1.165, 1.54) is 12.1 Å². The molecular weight excluding hydrogens is 245 g/mol. The molecule has 0 bridgehead atoms. The van der Waals surface area contributed by atoms with Crippen LogP contribution >= 0.6 is 0 Å². The maximum absolute atomic E-state index is 13.6. The Kier molecular flexibility index (Phi) is 3.35. The maximum Gasteiger partial charge on any atom is 0.184 e. The van der Waals surface area contributed by atoms with Crippen LogP contribution in [0.15, 0.2) is 23.1 Å². The van der Waals surface area contributed by atoms with Crippen molar-refractivity contribution in [2.75, 3.05) is 18.9 Å². The highest BCUT2D eigenvalue weighted by atomic mass is 32.2. The van der Waals surface area contributed by atoms with Gasteiger partial charge in [0.1, 0.15) is 10.7 Å². The van der Waals surface area contributed by atoms with Gasteiger partial charge in [-0.25, -0.2) is 12.8 Å². The van der Waals surface area contributed by atoms with E-state index in [4.69, 9.17) is 10.5 Å². The number of anilines is 1. The van der Waals surface area contributed by atoms with Crippen molar-refractivity contribution < 1.29 is 17.5 Å². The van der Waals surface area contributed by atoms with Gasteiger partial charge in [-0.05, 0) is 31.0 Å². The molecular formula is C11H14FNO3S. The molecule has 1 aliphatic rings. The van der Waals surface area contributed by atoms with E-state index in [9.17, 15) is 12.8 Å². The van der Waals surface area contributed by atoms with Gasteiger partial charge in [0.05, 0.1) is 5.25 Å². The lowest BCUT2D eigenvalue weighted by molar-refractivity contribution is 0.0983. The molecule has 0 aliphatic carbocycles. The predicted molar refractivity (Wildman–Crippen MR) is 61.8 cm³/mol. The fourth-order valence-electron chi connectivity index (χ4n) is 1.91. The molecule has 94 valence electrons. The van der Waals surface area contributed by atoms with Crippen LogP contribution < -0.4 is 5.73 Å². The van der Waals surface area contributed by atoms with E-state index in [0.29, 0.717) is 26.1 Å². The lowest BCUT2D eigenvalue weighted by Gasteiger charge is -2.22. The van der Waals surface area contributed by atoms with Crippen LogP contribution in [0.5, 0.6) is 0 Å². The highest BCUT2D eigenvalue weighted by molar-refractivity contribution is 7.92. The Morgan fingerprint density at radius 3 is 2.53 bits per heavy atom. The minimum absolute atomic E-state index is 0.216. The summed E-state index contributed by atoms with van der Waals surface area (Å²) in [6.45, 7) is 0.807. The molecule has 2 N–H and O–H groups in total. The van der Waals surface area contributed by atoms with Gasteiger partial charge in [-0.15, -0.1) is 0 Å². The van der Waals surface area contributed by atoms with Crippen molar-refractivity contribution in [3.05, 3.63) is 24.0 Å². The second kappa shape index (κ2) is 4.62. The number of hydrogen-bond acceptors (Lipinski definition) is 4. The number of rotatable bonds is 2. The van der Waals surface area contributed by atoms with Crippen LogP contribution in [-0.4, -0.2) is 26.9 Å². The Labute approximate surface area is 99.5 Å². The van der Waals surface area contributed by atoms with Crippen molar-refractivity contribution in [2.45, 2.75) is 23.0 Å². The van der Waals surface area contributed by atoms with E-state index >= 15 is 0 Å². The Hall–Kier alpha value is -1.14. The summed E-state index contributed by atoms with van der Waals surface area (Å²) in [5.74, 6) is -0.781. The van der Waals surface area contributed by atoms with E-state index in [2.05, 4.69) is 0 Å². The number of halogens is 1. The van der Waals surface area contributed by atoms with E-state index in [1.54, 1.807) is 0 Å². The molecule has 4 nitrogen and oxygen atoms in total. The van der Waals surface area contributed by atoms with Gasteiger partial charge in [0.2, 0.25) is 0 Å². The number of ether oxygens (including phenoxy) is 1.